The summed E-state index contributed by atoms with van der Waals surface area (Å²) in [6, 6.07) is 23.0. The Hall–Kier alpha value is -5.10. The third-order valence-corrected chi connectivity index (χ3v) is 11.8. The minimum absolute atomic E-state index is 0.214. The second-order valence-electron chi connectivity index (χ2n) is 15.1. The van der Waals surface area contributed by atoms with Gasteiger partial charge in [-0.2, -0.15) is 5.10 Å². The summed E-state index contributed by atoms with van der Waals surface area (Å²) in [4.78, 5) is 34.6. The fraction of sp³-hybridized carbons (Fsp3) is 0.409. The van der Waals surface area contributed by atoms with Crippen LogP contribution in [-0.2, 0) is 37.3 Å². The zero-order valence-electron chi connectivity index (χ0n) is 32.4. The summed E-state index contributed by atoms with van der Waals surface area (Å²) < 4.78 is 7.52. The first-order valence-corrected chi connectivity index (χ1v) is 19.9. The smallest absolute Gasteiger partial charge is 0.251 e. The Morgan fingerprint density at radius 1 is 0.927 bits per heavy atom. The number of ether oxygens (including phenoxy) is 1. The second kappa shape index (κ2) is 15.6. The van der Waals surface area contributed by atoms with Gasteiger partial charge in [0.05, 0.1) is 29.0 Å². The van der Waals surface area contributed by atoms with E-state index >= 15 is 0 Å². The van der Waals surface area contributed by atoms with Gasteiger partial charge in [0, 0.05) is 74.4 Å². The molecule has 55 heavy (non-hydrogen) atoms. The zero-order chi connectivity index (χ0) is 38.1. The fourth-order valence-electron chi connectivity index (χ4n) is 8.42. The minimum atomic E-state index is -0.254. The van der Waals surface area contributed by atoms with Crippen LogP contribution in [0.4, 0.5) is 5.69 Å². The van der Waals surface area contributed by atoms with Crippen molar-refractivity contribution in [3.8, 4) is 11.1 Å². The molecule has 2 atom stereocenters. The number of hydrogen-bond acceptors (Lipinski definition) is 8. The third kappa shape index (κ3) is 7.36. The number of anilines is 1. The number of rotatable bonds is 14. The van der Waals surface area contributed by atoms with Gasteiger partial charge in [0.25, 0.3) is 11.8 Å². The first-order chi connectivity index (χ1) is 26.8. The van der Waals surface area contributed by atoms with Crippen LogP contribution < -0.4 is 21.3 Å². The van der Waals surface area contributed by atoms with Crippen molar-refractivity contribution in [2.24, 2.45) is 0 Å². The number of nitrogens with zero attached hydrogens (tertiary/aromatic N) is 4. The lowest BCUT2D eigenvalue weighted by Gasteiger charge is -2.38. The Morgan fingerprint density at radius 2 is 1.69 bits per heavy atom. The van der Waals surface area contributed by atoms with Gasteiger partial charge in [-0.3, -0.25) is 19.8 Å². The number of carbonyl (C=O) groups is 2. The van der Waals surface area contributed by atoms with Gasteiger partial charge in [0.15, 0.2) is 5.65 Å². The lowest BCUT2D eigenvalue weighted by atomic mass is 9.95. The number of aryl methyl sites for hydroxylation is 3. The minimum Gasteiger partial charge on any atom is -0.381 e. The maximum absolute atomic E-state index is 13.6. The molecule has 0 aliphatic carbocycles. The van der Waals surface area contributed by atoms with E-state index in [9.17, 15) is 9.59 Å². The van der Waals surface area contributed by atoms with Gasteiger partial charge in [0.1, 0.15) is 0 Å². The first kappa shape index (κ1) is 36.9. The lowest BCUT2D eigenvalue weighted by Crippen LogP contribution is -2.52. The number of likely N-dealkylation sites (tertiary alicyclic amines) is 1. The van der Waals surface area contributed by atoms with E-state index in [4.69, 9.17) is 9.72 Å². The van der Waals surface area contributed by atoms with Crippen LogP contribution in [0.1, 0.15) is 88.7 Å². The van der Waals surface area contributed by atoms with Crippen molar-refractivity contribution >= 4 is 28.5 Å². The Balaban J connectivity index is 0.933. The Morgan fingerprint density at radius 3 is 2.40 bits per heavy atom. The van der Waals surface area contributed by atoms with E-state index < -0.39 is 0 Å². The van der Waals surface area contributed by atoms with E-state index in [1.807, 2.05) is 10.9 Å². The van der Waals surface area contributed by atoms with Crippen LogP contribution in [-0.4, -0.2) is 69.0 Å². The summed E-state index contributed by atoms with van der Waals surface area (Å²) in [5.41, 5.74) is 10.6. The van der Waals surface area contributed by atoms with Gasteiger partial charge in [0.2, 0.25) is 0 Å². The maximum Gasteiger partial charge on any atom is 0.251 e. The van der Waals surface area contributed by atoms with E-state index in [-0.39, 0.29) is 23.5 Å². The molecular formula is C44H52N8O3. The van der Waals surface area contributed by atoms with Crippen molar-refractivity contribution < 1.29 is 14.3 Å². The summed E-state index contributed by atoms with van der Waals surface area (Å²) in [5.74, 6) is -0.486. The van der Waals surface area contributed by atoms with Crippen LogP contribution in [0.15, 0.2) is 72.9 Å². The van der Waals surface area contributed by atoms with Gasteiger partial charge < -0.3 is 20.7 Å². The number of fused-ring (bicyclic) bond motifs is 2. The van der Waals surface area contributed by atoms with E-state index in [1.165, 1.54) is 16.7 Å². The predicted molar refractivity (Wildman–Crippen MR) is 216 cm³/mol. The van der Waals surface area contributed by atoms with Crippen molar-refractivity contribution in [3.05, 3.63) is 112 Å². The number of aromatic nitrogens is 3. The molecular weight excluding hydrogens is 689 g/mol. The summed E-state index contributed by atoms with van der Waals surface area (Å²) in [6.45, 7) is 13.4. The molecule has 8 rings (SSSR count). The number of pyridine rings is 1. The predicted octanol–water partition coefficient (Wildman–Crippen LogP) is 6.33. The Bertz CT molecular complexity index is 2220. The largest absolute Gasteiger partial charge is 0.381 e. The van der Waals surface area contributed by atoms with Crippen LogP contribution in [0.3, 0.4) is 0 Å². The number of nitrogens with one attached hydrogen (secondary N) is 4. The van der Waals surface area contributed by atoms with Crippen LogP contribution in [0.25, 0.3) is 22.2 Å². The van der Waals surface area contributed by atoms with Crippen molar-refractivity contribution in [3.63, 3.8) is 0 Å². The number of hydrogen-bond donors (Lipinski definition) is 4. The fourth-order valence-corrected chi connectivity index (χ4v) is 8.42. The van der Waals surface area contributed by atoms with Crippen molar-refractivity contribution in [1.29, 1.82) is 0 Å². The quantitative estimate of drug-likeness (QED) is 0.0971. The zero-order valence-corrected chi connectivity index (χ0v) is 32.4. The normalized spacial score (nSPS) is 19.5. The topological polar surface area (TPSA) is 135 Å². The average Bonchev–Trinajstić information content (AvgIpc) is 3.59. The number of carbonyl (C=O) groups excluding carboxylic acids is 2. The maximum atomic E-state index is 13.6. The molecule has 1 unspecified atom stereocenters. The van der Waals surface area contributed by atoms with Gasteiger partial charge in [-0.1, -0.05) is 50.2 Å². The molecule has 3 aliphatic rings. The second-order valence-corrected chi connectivity index (χ2v) is 15.1. The molecule has 3 aromatic carbocycles. The molecule has 286 valence electrons. The number of amides is 2. The van der Waals surface area contributed by atoms with Crippen LogP contribution in [0.2, 0.25) is 0 Å². The molecule has 0 saturated carbocycles. The van der Waals surface area contributed by atoms with Crippen LogP contribution >= 0.6 is 0 Å². The average molecular weight is 741 g/mol. The molecule has 2 amide bonds. The molecule has 4 N–H and O–H groups in total. The molecule has 5 heterocycles. The van der Waals surface area contributed by atoms with E-state index in [0.29, 0.717) is 56.4 Å². The lowest BCUT2D eigenvalue weighted by molar-refractivity contribution is 0.0889. The molecule has 3 aliphatic heterocycles. The highest BCUT2D eigenvalue weighted by atomic mass is 16.5. The van der Waals surface area contributed by atoms with Gasteiger partial charge in [-0.15, -0.1) is 0 Å². The van der Waals surface area contributed by atoms with Crippen molar-refractivity contribution in [2.75, 3.05) is 25.1 Å². The summed E-state index contributed by atoms with van der Waals surface area (Å²) in [5, 5.41) is 19.2. The van der Waals surface area contributed by atoms with Gasteiger partial charge >= 0.3 is 0 Å². The standard InChI is InChI=1S/C44H52N8O3/c1-5-38-36(40(48-34-16-18-55-19-17-34)37-25-47-52(7-3)41(37)49-38)24-46-43(54)33-13-9-12-32(22-33)42(53)45-23-29-15-14-28(4)35(21-29)31-11-8-10-30(20-31)26-51-27-39-44(51,6-2)50-39/h8-15,20-22,25,34,39,50H,5-7,16-19,23-24,26-27H2,1-4H3,(H,45,53)(H,46,54)(H,48,49)/t39-,44?/m1/s1. The van der Waals surface area contributed by atoms with Crippen LogP contribution in [0, 0.1) is 6.92 Å². The molecule has 3 saturated heterocycles. The van der Waals surface area contributed by atoms with Gasteiger partial charge in [-0.05, 0) is 97.7 Å². The Labute approximate surface area is 323 Å². The van der Waals surface area contributed by atoms with Gasteiger partial charge in [-0.25, -0.2) is 9.67 Å². The Kier molecular flexibility index (Phi) is 10.4. The third-order valence-electron chi connectivity index (χ3n) is 11.8. The molecule has 0 bridgehead atoms. The summed E-state index contributed by atoms with van der Waals surface area (Å²) in [6.07, 6.45) is 5.51. The highest BCUT2D eigenvalue weighted by molar-refractivity contribution is 6.00. The molecule has 0 radical (unpaired) electrons. The molecule has 5 aromatic rings. The van der Waals surface area contributed by atoms with Crippen molar-refractivity contribution in [2.45, 2.75) is 97.3 Å². The SMILES string of the molecule is CCc1nc2c(cnn2CC)c(NC2CCOCC2)c1CNC(=O)c1cccc(C(=O)NCc2ccc(C)c(-c3cccc(CN4C[C@H]5NC54CC)c3)c2)c1. The molecule has 0 spiro atoms. The highest BCUT2D eigenvalue weighted by Gasteiger charge is 2.65. The van der Waals surface area contributed by atoms with Crippen molar-refractivity contribution in [1.82, 2.24) is 35.6 Å². The molecule has 2 aromatic heterocycles. The summed E-state index contributed by atoms with van der Waals surface area (Å²) in [7, 11) is 0. The first-order valence-electron chi connectivity index (χ1n) is 19.9. The number of benzene rings is 3. The van der Waals surface area contributed by atoms with E-state index in [2.05, 4.69) is 101 Å². The highest BCUT2D eigenvalue weighted by Crippen LogP contribution is 2.45. The molecule has 11 heteroatoms. The van der Waals surface area contributed by atoms with Crippen LogP contribution in [0.5, 0.6) is 0 Å². The monoisotopic (exact) mass is 740 g/mol. The van der Waals surface area contributed by atoms with E-state index in [0.717, 1.165) is 71.5 Å². The summed E-state index contributed by atoms with van der Waals surface area (Å²) >= 11 is 0. The molecule has 3 fully saturated rings. The van der Waals surface area contributed by atoms with E-state index in [1.54, 1.807) is 24.3 Å². The molecule has 11 nitrogen and oxygen atoms in total.